The van der Waals surface area contributed by atoms with Crippen LogP contribution in [0.15, 0.2) is 58.5 Å². The highest BCUT2D eigenvalue weighted by molar-refractivity contribution is 7.12. The Morgan fingerprint density at radius 2 is 1.80 bits per heavy atom. The molecule has 0 aliphatic rings. The minimum atomic E-state index is -1.42. The summed E-state index contributed by atoms with van der Waals surface area (Å²) < 4.78 is 5.10. The summed E-state index contributed by atoms with van der Waals surface area (Å²) in [5, 5.41) is 18.5. The first-order valence-corrected chi connectivity index (χ1v) is 11.7. The maximum absolute atomic E-state index is 12.7. The standard InChI is InChI=1S/C23H19Cl2N3O6S/c24-15-9-13(11-26-19(29)6-5-14-3-1-7-34-14)10-16(25)20(15)22(31)28-17(23(32)33)12-27-21(30)18-4-2-8-35-18/h1-10,17H,11-12H2,(H,26,29)(H,27,30)(H,28,31)(H,32,33)/t17-/m0/s1. The summed E-state index contributed by atoms with van der Waals surface area (Å²) in [5.74, 6) is -2.49. The van der Waals surface area contributed by atoms with E-state index >= 15 is 0 Å². The average Bonchev–Trinajstić information content (AvgIpc) is 3.52. The number of aliphatic carboxylic acids is 1. The Balaban J connectivity index is 1.60. The number of furan rings is 1. The van der Waals surface area contributed by atoms with E-state index in [9.17, 15) is 24.3 Å². The SMILES string of the molecule is O=C(C=Cc1ccco1)NCc1cc(Cl)c(C(=O)N[C@@H](CNC(=O)c2cccs2)C(=O)O)c(Cl)c1. The summed E-state index contributed by atoms with van der Waals surface area (Å²) in [4.78, 5) is 48.7. The molecule has 0 bridgehead atoms. The average molecular weight is 536 g/mol. The molecule has 0 spiro atoms. The van der Waals surface area contributed by atoms with Crippen LogP contribution >= 0.6 is 34.5 Å². The molecule has 3 rings (SSSR count). The first kappa shape index (κ1) is 26.0. The Labute approximate surface area is 213 Å². The van der Waals surface area contributed by atoms with E-state index in [1.807, 2.05) is 0 Å². The van der Waals surface area contributed by atoms with Crippen molar-refractivity contribution in [1.82, 2.24) is 16.0 Å². The van der Waals surface area contributed by atoms with Gasteiger partial charge in [0.15, 0.2) is 0 Å². The summed E-state index contributed by atoms with van der Waals surface area (Å²) in [6.07, 6.45) is 4.29. The van der Waals surface area contributed by atoms with E-state index in [4.69, 9.17) is 27.6 Å². The Morgan fingerprint density at radius 1 is 1.06 bits per heavy atom. The molecular formula is C23H19Cl2N3O6S. The highest BCUT2D eigenvalue weighted by Gasteiger charge is 2.25. The van der Waals surface area contributed by atoms with Crippen molar-refractivity contribution in [3.8, 4) is 0 Å². The first-order valence-electron chi connectivity index (χ1n) is 10.1. The number of thiophene rings is 1. The van der Waals surface area contributed by atoms with E-state index in [1.54, 1.807) is 29.6 Å². The zero-order valence-electron chi connectivity index (χ0n) is 17.9. The number of rotatable bonds is 10. The van der Waals surface area contributed by atoms with Gasteiger partial charge in [0, 0.05) is 19.2 Å². The molecule has 0 saturated heterocycles. The molecule has 0 unspecified atom stereocenters. The van der Waals surface area contributed by atoms with Crippen molar-refractivity contribution >= 4 is 64.3 Å². The lowest BCUT2D eigenvalue weighted by Crippen LogP contribution is -2.48. The zero-order valence-corrected chi connectivity index (χ0v) is 20.2. The number of carbonyl (C=O) groups excluding carboxylic acids is 3. The molecule has 3 amide bonds. The van der Waals surface area contributed by atoms with Crippen molar-refractivity contribution in [2.24, 2.45) is 0 Å². The molecule has 2 aromatic heterocycles. The van der Waals surface area contributed by atoms with Crippen LogP contribution in [0, 0.1) is 0 Å². The zero-order chi connectivity index (χ0) is 25.4. The van der Waals surface area contributed by atoms with Crippen LogP contribution in [0.4, 0.5) is 0 Å². The fourth-order valence-corrected chi connectivity index (χ4v) is 4.20. The van der Waals surface area contributed by atoms with Crippen molar-refractivity contribution in [3.63, 3.8) is 0 Å². The van der Waals surface area contributed by atoms with E-state index in [-0.39, 0.29) is 34.6 Å². The van der Waals surface area contributed by atoms with Gasteiger partial charge in [0.05, 0.1) is 26.7 Å². The van der Waals surface area contributed by atoms with Gasteiger partial charge in [-0.2, -0.15) is 0 Å². The quantitative estimate of drug-likeness (QED) is 0.292. The largest absolute Gasteiger partial charge is 0.480 e. The van der Waals surface area contributed by atoms with Crippen LogP contribution in [0.1, 0.15) is 31.4 Å². The third-order valence-electron chi connectivity index (χ3n) is 4.55. The second-order valence-corrected chi connectivity index (χ2v) is 8.81. The molecule has 2 heterocycles. The Morgan fingerprint density at radius 3 is 2.40 bits per heavy atom. The van der Waals surface area contributed by atoms with Crippen molar-refractivity contribution in [2.45, 2.75) is 12.6 Å². The molecule has 1 atom stereocenters. The van der Waals surface area contributed by atoms with Crippen LogP contribution < -0.4 is 16.0 Å². The number of halogens is 2. The van der Waals surface area contributed by atoms with Crippen molar-refractivity contribution < 1.29 is 28.7 Å². The highest BCUT2D eigenvalue weighted by atomic mass is 35.5. The molecule has 0 radical (unpaired) electrons. The number of carboxylic acid groups (broad SMARTS) is 1. The van der Waals surface area contributed by atoms with Gasteiger partial charge >= 0.3 is 5.97 Å². The predicted octanol–water partition coefficient (Wildman–Crippen LogP) is 3.59. The Hall–Kier alpha value is -3.60. The molecule has 182 valence electrons. The first-order chi connectivity index (χ1) is 16.7. The molecule has 3 aromatic rings. The monoisotopic (exact) mass is 535 g/mol. The van der Waals surface area contributed by atoms with E-state index in [0.29, 0.717) is 16.2 Å². The van der Waals surface area contributed by atoms with Crippen LogP contribution in [-0.4, -0.2) is 41.4 Å². The number of hydrogen-bond acceptors (Lipinski definition) is 6. The number of hydrogen-bond donors (Lipinski definition) is 4. The smallest absolute Gasteiger partial charge is 0.328 e. The number of benzene rings is 1. The number of amides is 3. The van der Waals surface area contributed by atoms with Gasteiger partial charge in [-0.15, -0.1) is 11.3 Å². The fourth-order valence-electron chi connectivity index (χ4n) is 2.86. The van der Waals surface area contributed by atoms with Gasteiger partial charge in [0.25, 0.3) is 11.8 Å². The molecule has 0 aliphatic heterocycles. The van der Waals surface area contributed by atoms with Crippen LogP contribution in [-0.2, 0) is 16.1 Å². The maximum atomic E-state index is 12.7. The summed E-state index contributed by atoms with van der Waals surface area (Å²) >= 11 is 13.7. The lowest BCUT2D eigenvalue weighted by molar-refractivity contribution is -0.139. The summed E-state index contributed by atoms with van der Waals surface area (Å²) in [5.41, 5.74) is 0.395. The van der Waals surface area contributed by atoms with Gasteiger partial charge in [0.1, 0.15) is 11.8 Å². The Kier molecular flexibility index (Phi) is 9.07. The molecule has 0 aliphatic carbocycles. The minimum absolute atomic E-state index is 0.0304. The van der Waals surface area contributed by atoms with Crippen LogP contribution in [0.3, 0.4) is 0 Å². The molecule has 0 saturated carbocycles. The third kappa shape index (κ3) is 7.44. The van der Waals surface area contributed by atoms with Gasteiger partial charge in [-0.1, -0.05) is 29.3 Å². The lowest BCUT2D eigenvalue weighted by atomic mass is 10.1. The van der Waals surface area contributed by atoms with E-state index < -0.39 is 23.8 Å². The molecule has 35 heavy (non-hydrogen) atoms. The molecule has 4 N–H and O–H groups in total. The normalized spacial score (nSPS) is 11.7. The maximum Gasteiger partial charge on any atom is 0.328 e. The van der Waals surface area contributed by atoms with E-state index in [1.165, 1.54) is 41.9 Å². The van der Waals surface area contributed by atoms with Crippen LogP contribution in [0.25, 0.3) is 6.08 Å². The molecule has 12 heteroatoms. The second-order valence-electron chi connectivity index (χ2n) is 7.05. The highest BCUT2D eigenvalue weighted by Crippen LogP contribution is 2.27. The van der Waals surface area contributed by atoms with Gasteiger partial charge < -0.3 is 25.5 Å². The number of carbonyl (C=O) groups is 4. The minimum Gasteiger partial charge on any atom is -0.480 e. The summed E-state index contributed by atoms with van der Waals surface area (Å²) in [6.45, 7) is -0.266. The molecular weight excluding hydrogens is 517 g/mol. The topological polar surface area (TPSA) is 138 Å². The van der Waals surface area contributed by atoms with Crippen LogP contribution in [0.5, 0.6) is 0 Å². The van der Waals surface area contributed by atoms with Gasteiger partial charge in [-0.25, -0.2) is 4.79 Å². The lowest BCUT2D eigenvalue weighted by Gasteiger charge is -2.17. The molecule has 9 nitrogen and oxygen atoms in total. The van der Waals surface area contributed by atoms with Gasteiger partial charge in [-0.3, -0.25) is 14.4 Å². The summed E-state index contributed by atoms with van der Waals surface area (Å²) in [7, 11) is 0. The Bertz CT molecular complexity index is 1220. The predicted molar refractivity (Wildman–Crippen MR) is 132 cm³/mol. The number of nitrogens with one attached hydrogen (secondary N) is 3. The van der Waals surface area contributed by atoms with E-state index in [0.717, 1.165) is 0 Å². The van der Waals surface area contributed by atoms with Gasteiger partial charge in [-0.05, 0) is 47.4 Å². The van der Waals surface area contributed by atoms with Crippen molar-refractivity contribution in [2.75, 3.05) is 6.54 Å². The van der Waals surface area contributed by atoms with Crippen molar-refractivity contribution in [1.29, 1.82) is 0 Å². The fraction of sp³-hybridized carbons (Fsp3) is 0.130. The summed E-state index contributed by atoms with van der Waals surface area (Å²) in [6, 6.07) is 8.12. The molecule has 1 aromatic carbocycles. The number of carboxylic acids is 1. The van der Waals surface area contributed by atoms with Crippen LogP contribution in [0.2, 0.25) is 10.0 Å². The van der Waals surface area contributed by atoms with E-state index in [2.05, 4.69) is 16.0 Å². The molecule has 0 fully saturated rings. The van der Waals surface area contributed by atoms with Gasteiger partial charge in [0.2, 0.25) is 5.91 Å². The third-order valence-corrected chi connectivity index (χ3v) is 6.02. The second kappa shape index (κ2) is 12.2. The van der Waals surface area contributed by atoms with Crippen molar-refractivity contribution in [3.05, 3.63) is 85.9 Å².